The third kappa shape index (κ3) is 15.7. The first kappa shape index (κ1) is 94.8. The molecule has 15 aromatic carbocycles. The SMILES string of the molecule is CC.CC.CC.CC.CC.CC.CC.CC.CC.CC.CC.CC.CC.c1ccc2c(c1)Cc1cc3c(cc1-2)-c1ccc2c(c1C3)-n1c3ccccc3c3cccc(c31)C2.c1ccc2c(c1)Cc1cc3c(cc1-2)-c1ccc2c(c1C3)-n1c3ccccc3c3cccc(c31)C2.c1ccc2c(c1)Cc1ccc3c(c1-2)-c1ccc2c(c1C3)-n1c3ccccc3c3cccc(c31)C2. The monoisotopic (exact) mass is 1680 g/mol. The van der Waals surface area contributed by atoms with E-state index >= 15 is 0 Å². The second-order valence-electron chi connectivity index (χ2n) is 30.3. The van der Waals surface area contributed by atoms with Gasteiger partial charge in [-0.1, -0.05) is 423 Å². The van der Waals surface area contributed by atoms with E-state index in [-0.39, 0.29) is 0 Å². The largest absolute Gasteiger partial charge is 0.308 e. The van der Waals surface area contributed by atoms with Gasteiger partial charge in [0.2, 0.25) is 0 Å². The maximum atomic E-state index is 2.58. The summed E-state index contributed by atoms with van der Waals surface area (Å²) in [5.41, 5.74) is 56.1. The van der Waals surface area contributed by atoms with E-state index in [1.54, 1.807) is 0 Å². The fraction of sp³-hybridized carbons (Fsp3) is 0.280. The van der Waals surface area contributed by atoms with Crippen molar-refractivity contribution in [3.05, 3.63) is 373 Å². The molecule has 6 aliphatic carbocycles. The van der Waals surface area contributed by atoms with Crippen LogP contribution < -0.4 is 0 Å². The van der Waals surface area contributed by atoms with Gasteiger partial charge in [-0.05, 0) is 216 Å². The van der Waals surface area contributed by atoms with Gasteiger partial charge in [0, 0.05) is 70.8 Å². The smallest absolute Gasteiger partial charge is 0.0576 e. The third-order valence-electron chi connectivity index (χ3n) is 25.3. The van der Waals surface area contributed by atoms with E-state index in [1.165, 1.54) is 249 Å². The Morgan fingerprint density at radius 1 is 0.148 bits per heavy atom. The molecule has 0 bridgehead atoms. The molecule has 18 aromatic rings. The maximum Gasteiger partial charge on any atom is 0.0576 e. The van der Waals surface area contributed by atoms with Crippen molar-refractivity contribution < 1.29 is 0 Å². The molecule has 0 spiro atoms. The lowest BCUT2D eigenvalue weighted by Crippen LogP contribution is -2.10. The number of hydrogen-bond acceptors (Lipinski definition) is 0. The molecule has 0 atom stereocenters. The Kier molecular flexibility index (Phi) is 31.9. The number of aromatic nitrogens is 3. The third-order valence-corrected chi connectivity index (χ3v) is 25.3. The minimum atomic E-state index is 1.01. The van der Waals surface area contributed by atoms with Crippen molar-refractivity contribution in [2.45, 2.75) is 238 Å². The first-order chi connectivity index (χ1) is 63.6. The van der Waals surface area contributed by atoms with Gasteiger partial charge in [0.05, 0.1) is 50.2 Å². The van der Waals surface area contributed by atoms with Gasteiger partial charge in [-0.3, -0.25) is 0 Å². The van der Waals surface area contributed by atoms with Crippen molar-refractivity contribution in [1.29, 1.82) is 0 Å². The van der Waals surface area contributed by atoms with Gasteiger partial charge in [0.25, 0.3) is 0 Å². The summed E-state index contributed by atoms with van der Waals surface area (Å²) in [5.74, 6) is 0. The molecule has 3 nitrogen and oxygen atoms in total. The molecule has 27 rings (SSSR count). The van der Waals surface area contributed by atoms with Gasteiger partial charge in [0.1, 0.15) is 0 Å². The minimum absolute atomic E-state index is 1.01. The van der Waals surface area contributed by atoms with Crippen LogP contribution in [0, 0.1) is 0 Å². The quantitative estimate of drug-likeness (QED) is 0.144. The van der Waals surface area contributed by atoms with E-state index in [0.29, 0.717) is 0 Å². The lowest BCUT2D eigenvalue weighted by atomic mass is 9.91. The van der Waals surface area contributed by atoms with Crippen molar-refractivity contribution in [2.24, 2.45) is 0 Å². The van der Waals surface area contributed by atoms with E-state index in [1.807, 2.05) is 180 Å². The van der Waals surface area contributed by atoms with Gasteiger partial charge in [-0.15, -0.1) is 0 Å². The minimum Gasteiger partial charge on any atom is -0.308 e. The molecule has 128 heavy (non-hydrogen) atoms. The number of hydrogen-bond donors (Lipinski definition) is 0. The molecule has 0 fully saturated rings. The summed E-state index contributed by atoms with van der Waals surface area (Å²) in [6, 6.07) is 103. The second-order valence-corrected chi connectivity index (χ2v) is 30.3. The molecule has 0 unspecified atom stereocenters. The molecule has 0 saturated carbocycles. The molecule has 9 aliphatic rings. The number of para-hydroxylation sites is 6. The summed E-state index contributed by atoms with van der Waals surface area (Å²) in [6.07, 6.45) is 9.25. The summed E-state index contributed by atoms with van der Waals surface area (Å²) in [7, 11) is 0. The van der Waals surface area contributed by atoms with Crippen molar-refractivity contribution >= 4 is 65.4 Å². The van der Waals surface area contributed by atoms with E-state index in [9.17, 15) is 0 Å². The average Bonchev–Trinajstić information content (AvgIpc) is 1.54. The fourth-order valence-electron chi connectivity index (χ4n) is 21.2. The predicted octanol–water partition coefficient (Wildman–Crippen LogP) is 36.8. The Morgan fingerprint density at radius 3 is 0.750 bits per heavy atom. The average molecular weight is 1690 g/mol. The van der Waals surface area contributed by atoms with Gasteiger partial charge in [0.15, 0.2) is 0 Å². The summed E-state index contributed by atoms with van der Waals surface area (Å²) >= 11 is 0. The fourth-order valence-corrected chi connectivity index (χ4v) is 21.2. The van der Waals surface area contributed by atoms with Gasteiger partial charge in [-0.2, -0.15) is 0 Å². The lowest BCUT2D eigenvalue weighted by molar-refractivity contribution is 1.02. The molecule has 6 heterocycles. The summed E-state index contributed by atoms with van der Waals surface area (Å²) in [6.45, 7) is 52.0. The molecule has 0 amide bonds. The van der Waals surface area contributed by atoms with Crippen LogP contribution in [0.25, 0.3) is 149 Å². The highest BCUT2D eigenvalue weighted by atomic mass is 15.0. The van der Waals surface area contributed by atoms with Crippen LogP contribution in [-0.2, 0) is 57.8 Å². The number of rotatable bonds is 0. The molecular weight excluding hydrogens is 1540 g/mol. The van der Waals surface area contributed by atoms with Gasteiger partial charge >= 0.3 is 0 Å². The van der Waals surface area contributed by atoms with E-state index in [0.717, 1.165) is 57.8 Å². The zero-order valence-corrected chi connectivity index (χ0v) is 82.2. The maximum absolute atomic E-state index is 2.58. The predicted molar refractivity (Wildman–Crippen MR) is 568 cm³/mol. The summed E-state index contributed by atoms with van der Waals surface area (Å²) in [4.78, 5) is 0. The molecule has 3 aromatic heterocycles. The van der Waals surface area contributed by atoms with Crippen molar-refractivity contribution in [3.63, 3.8) is 0 Å². The molecule has 656 valence electrons. The van der Waals surface area contributed by atoms with Crippen LogP contribution in [-0.4, -0.2) is 13.7 Å². The van der Waals surface area contributed by atoms with Crippen LogP contribution in [0.5, 0.6) is 0 Å². The molecule has 0 saturated heterocycles. The van der Waals surface area contributed by atoms with Crippen LogP contribution in [0.2, 0.25) is 0 Å². The van der Waals surface area contributed by atoms with Crippen LogP contribution in [0.4, 0.5) is 0 Å². The Hall–Kier alpha value is -12.3. The van der Waals surface area contributed by atoms with Crippen LogP contribution in [0.3, 0.4) is 0 Å². The highest BCUT2D eigenvalue weighted by Gasteiger charge is 2.37. The van der Waals surface area contributed by atoms with Crippen molar-refractivity contribution in [1.82, 2.24) is 13.7 Å². The molecular formula is C125H141N3. The number of nitrogens with zero attached hydrogens (tertiary/aromatic N) is 3. The summed E-state index contributed by atoms with van der Waals surface area (Å²) < 4.78 is 7.73. The van der Waals surface area contributed by atoms with E-state index < -0.39 is 0 Å². The van der Waals surface area contributed by atoms with Crippen molar-refractivity contribution in [2.75, 3.05) is 0 Å². The van der Waals surface area contributed by atoms with Crippen molar-refractivity contribution in [3.8, 4) is 83.8 Å². The molecule has 3 aliphatic heterocycles. The van der Waals surface area contributed by atoms with Gasteiger partial charge < -0.3 is 13.7 Å². The molecule has 0 radical (unpaired) electrons. The van der Waals surface area contributed by atoms with Crippen LogP contribution >= 0.6 is 0 Å². The standard InChI is InChI=1S/3C33H21N.13C2H6/c2*1-2-8-24-19(6-1)14-22-16-23-17-30-25(29(23)18-28(22)24)13-12-21-15-20-7-5-10-27-26-9-3-4-11-31(26)34(32(20)27)33(21)30;1-2-8-24-19(6-1)16-20-12-13-21-18-28-26(31(21)30(20)24)15-14-23-17-22-7-5-10-27-25-9-3-4-11-29(25)34(32(22)27)33(23)28;13*1-2/h2*1-13,16,18H,14-15,17H2;1-15H,16-18H2;13*1-2H3. The zero-order chi connectivity index (χ0) is 91.9. The van der Waals surface area contributed by atoms with Crippen LogP contribution in [0.15, 0.2) is 273 Å². The highest BCUT2D eigenvalue weighted by Crippen LogP contribution is 2.56. The Balaban J connectivity index is 0.000000154. The van der Waals surface area contributed by atoms with E-state index in [4.69, 9.17) is 0 Å². The second kappa shape index (κ2) is 43.0. The molecule has 3 heteroatoms. The number of benzene rings is 15. The Morgan fingerprint density at radius 2 is 0.383 bits per heavy atom. The normalized spacial score (nSPS) is 11.9. The number of fused-ring (bicyclic) bond motifs is 37. The summed E-state index contributed by atoms with van der Waals surface area (Å²) in [5, 5.41) is 8.20. The topological polar surface area (TPSA) is 14.8 Å². The van der Waals surface area contributed by atoms with E-state index in [2.05, 4.69) is 287 Å². The highest BCUT2D eigenvalue weighted by molar-refractivity contribution is 6.14. The molecule has 0 N–H and O–H groups in total. The lowest BCUT2D eigenvalue weighted by Gasteiger charge is -2.24. The Bertz CT molecular complexity index is 6690. The van der Waals surface area contributed by atoms with Crippen LogP contribution in [0.1, 0.15) is 280 Å². The zero-order valence-electron chi connectivity index (χ0n) is 82.2. The van der Waals surface area contributed by atoms with Gasteiger partial charge in [-0.25, -0.2) is 0 Å². The Labute approximate surface area is 768 Å². The first-order valence-electron chi connectivity index (χ1n) is 49.8. The first-order valence-corrected chi connectivity index (χ1v) is 49.8.